The highest BCUT2D eigenvalue weighted by atomic mass is 19.1. The molecule has 2 heterocycles. The molecule has 0 bridgehead atoms. The van der Waals surface area contributed by atoms with Gasteiger partial charge in [0, 0.05) is 40.7 Å². The highest BCUT2D eigenvalue weighted by Gasteiger charge is 2.25. The van der Waals surface area contributed by atoms with Crippen molar-refractivity contribution in [2.75, 3.05) is 5.32 Å². The van der Waals surface area contributed by atoms with Crippen LogP contribution in [0.3, 0.4) is 0 Å². The highest BCUT2D eigenvalue weighted by Crippen LogP contribution is 2.39. The third kappa shape index (κ3) is 4.86. The van der Waals surface area contributed by atoms with Gasteiger partial charge in [0.25, 0.3) is 5.91 Å². The molecule has 8 nitrogen and oxygen atoms in total. The molecule has 1 amide bonds. The Kier molecular flexibility index (Phi) is 6.57. The third-order valence-electron chi connectivity index (χ3n) is 8.29. The number of aromatic nitrogens is 3. The van der Waals surface area contributed by atoms with Crippen molar-refractivity contribution in [3.63, 3.8) is 0 Å². The summed E-state index contributed by atoms with van der Waals surface area (Å²) >= 11 is 0. The minimum absolute atomic E-state index is 0.0740. The summed E-state index contributed by atoms with van der Waals surface area (Å²) in [6.07, 6.45) is 3.05. The van der Waals surface area contributed by atoms with Gasteiger partial charge in [-0.15, -0.1) is 0 Å². The number of primary amides is 1. The number of ether oxygens (including phenoxy) is 1. The van der Waals surface area contributed by atoms with Crippen molar-refractivity contribution in [3.05, 3.63) is 90.2 Å². The molecule has 0 atom stereocenters. The number of carbonyl (C=O) groups excluding carboxylic acids is 2. The highest BCUT2D eigenvalue weighted by molar-refractivity contribution is 6.15. The van der Waals surface area contributed by atoms with E-state index < -0.39 is 5.91 Å². The van der Waals surface area contributed by atoms with Crippen LogP contribution >= 0.6 is 0 Å². The molecular weight excluding hydrogens is 545 g/mol. The average Bonchev–Trinajstić information content (AvgIpc) is 3.56. The second-order valence-electron chi connectivity index (χ2n) is 11.1. The molecule has 1 fully saturated rings. The molecule has 0 spiro atoms. The number of nitrogens with zero attached hydrogens (tertiary/aromatic N) is 2. The van der Waals surface area contributed by atoms with Crippen LogP contribution in [0.15, 0.2) is 78.9 Å². The van der Waals surface area contributed by atoms with Gasteiger partial charge in [0.15, 0.2) is 0 Å². The van der Waals surface area contributed by atoms with E-state index in [-0.39, 0.29) is 23.9 Å². The SMILES string of the molecule is CC(=O)O[C@H]1CC[C@H](Nc2cc(-n3c4ccccc4c4c(-c5nc6ccc(F)cc6[nH]5)cccc43)ccc2C(N)=O)CC1. The lowest BCUT2D eigenvalue weighted by Crippen LogP contribution is -2.31. The fourth-order valence-corrected chi connectivity index (χ4v) is 6.39. The van der Waals surface area contributed by atoms with Gasteiger partial charge < -0.3 is 25.3 Å². The Morgan fingerprint density at radius 1 is 0.977 bits per heavy atom. The van der Waals surface area contributed by atoms with Crippen LogP contribution in [0.4, 0.5) is 10.1 Å². The lowest BCUT2D eigenvalue weighted by Gasteiger charge is -2.30. The van der Waals surface area contributed by atoms with Crippen LogP contribution in [-0.2, 0) is 9.53 Å². The number of aromatic amines is 1. The third-order valence-corrected chi connectivity index (χ3v) is 8.29. The maximum Gasteiger partial charge on any atom is 0.302 e. The lowest BCUT2D eigenvalue weighted by atomic mass is 9.92. The van der Waals surface area contributed by atoms with E-state index in [1.807, 2.05) is 36.4 Å². The molecule has 216 valence electrons. The summed E-state index contributed by atoms with van der Waals surface area (Å²) in [5.74, 6) is -0.430. The second-order valence-corrected chi connectivity index (χ2v) is 11.1. The Hall–Kier alpha value is -5.18. The predicted octanol–water partition coefficient (Wildman–Crippen LogP) is 6.85. The van der Waals surface area contributed by atoms with E-state index in [0.29, 0.717) is 28.1 Å². The normalized spacial score (nSPS) is 17.0. The number of fused-ring (bicyclic) bond motifs is 4. The van der Waals surface area contributed by atoms with E-state index in [1.54, 1.807) is 12.1 Å². The summed E-state index contributed by atoms with van der Waals surface area (Å²) in [4.78, 5) is 31.9. The van der Waals surface area contributed by atoms with E-state index in [9.17, 15) is 14.0 Å². The minimum Gasteiger partial charge on any atom is -0.463 e. The van der Waals surface area contributed by atoms with E-state index in [2.05, 4.69) is 33.1 Å². The number of hydrogen-bond donors (Lipinski definition) is 3. The number of para-hydroxylation sites is 1. The zero-order valence-electron chi connectivity index (χ0n) is 23.6. The largest absolute Gasteiger partial charge is 0.463 e. The number of hydrogen-bond acceptors (Lipinski definition) is 5. The molecule has 0 radical (unpaired) electrons. The fourth-order valence-electron chi connectivity index (χ4n) is 6.39. The van der Waals surface area contributed by atoms with Gasteiger partial charge in [-0.1, -0.05) is 30.3 Å². The Morgan fingerprint density at radius 2 is 1.77 bits per heavy atom. The molecule has 9 heteroatoms. The van der Waals surface area contributed by atoms with Crippen LogP contribution in [0.5, 0.6) is 0 Å². The van der Waals surface area contributed by atoms with Crippen LogP contribution in [0.25, 0.3) is 49.9 Å². The number of carbonyl (C=O) groups is 2. The number of imidazole rings is 1. The van der Waals surface area contributed by atoms with Crippen LogP contribution in [0, 0.1) is 5.82 Å². The quantitative estimate of drug-likeness (QED) is 0.188. The molecule has 43 heavy (non-hydrogen) atoms. The number of nitrogens with two attached hydrogens (primary N) is 1. The van der Waals surface area contributed by atoms with E-state index in [4.69, 9.17) is 15.5 Å². The second kappa shape index (κ2) is 10.6. The minimum atomic E-state index is -0.506. The molecule has 1 saturated carbocycles. The molecule has 0 aliphatic heterocycles. The molecule has 0 unspecified atom stereocenters. The Morgan fingerprint density at radius 3 is 2.56 bits per heavy atom. The molecule has 6 aromatic rings. The van der Waals surface area contributed by atoms with E-state index >= 15 is 0 Å². The van der Waals surface area contributed by atoms with Gasteiger partial charge in [0.2, 0.25) is 0 Å². The molecule has 7 rings (SSSR count). The van der Waals surface area contributed by atoms with E-state index in [0.717, 1.165) is 58.7 Å². The number of H-pyrrole nitrogens is 1. The summed E-state index contributed by atoms with van der Waals surface area (Å²) in [7, 11) is 0. The van der Waals surface area contributed by atoms with Crippen molar-refractivity contribution in [2.24, 2.45) is 5.73 Å². The number of benzene rings is 4. The van der Waals surface area contributed by atoms with Crippen molar-refractivity contribution < 1.29 is 18.7 Å². The maximum absolute atomic E-state index is 13.9. The number of rotatable bonds is 6. The first-order chi connectivity index (χ1) is 20.9. The van der Waals surface area contributed by atoms with Crippen LogP contribution in [-0.4, -0.2) is 38.6 Å². The summed E-state index contributed by atoms with van der Waals surface area (Å²) in [6, 6.07) is 24.5. The first-order valence-corrected chi connectivity index (χ1v) is 14.4. The molecule has 1 aliphatic carbocycles. The van der Waals surface area contributed by atoms with E-state index in [1.165, 1.54) is 19.1 Å². The van der Waals surface area contributed by atoms with Crippen LogP contribution in [0.1, 0.15) is 43.0 Å². The van der Waals surface area contributed by atoms with Crippen molar-refractivity contribution in [2.45, 2.75) is 44.8 Å². The molecule has 0 saturated heterocycles. The molecule has 1 aliphatic rings. The van der Waals surface area contributed by atoms with Gasteiger partial charge in [-0.2, -0.15) is 0 Å². The van der Waals surface area contributed by atoms with Crippen LogP contribution < -0.4 is 11.1 Å². The van der Waals surface area contributed by atoms with Gasteiger partial charge >= 0.3 is 5.97 Å². The zero-order chi connectivity index (χ0) is 29.7. The summed E-state index contributed by atoms with van der Waals surface area (Å²) < 4.78 is 21.5. The number of amides is 1. The van der Waals surface area contributed by atoms with Gasteiger partial charge in [-0.05, 0) is 74.2 Å². The predicted molar refractivity (Wildman–Crippen MR) is 166 cm³/mol. The topological polar surface area (TPSA) is 115 Å². The van der Waals surface area contributed by atoms with Gasteiger partial charge in [0.1, 0.15) is 17.7 Å². The average molecular weight is 576 g/mol. The number of nitrogens with one attached hydrogen (secondary N) is 2. The van der Waals surface area contributed by atoms with Crippen molar-refractivity contribution in [3.8, 4) is 17.1 Å². The standard InChI is InChI=1S/C34H30FN5O3/c1-19(41)43-23-13-10-21(11-14-23)37-28-18-22(12-15-24(28)33(36)42)40-30-7-3-2-5-25(30)32-26(6-4-8-31(32)40)34-38-27-16-9-20(35)17-29(27)39-34/h2-9,12,15-18,21,23,37H,10-11,13-14H2,1H3,(H2,36,42)(H,38,39)/t21-,23-. The van der Waals surface area contributed by atoms with Crippen molar-refractivity contribution >= 4 is 50.4 Å². The Balaban J connectivity index is 1.33. The maximum atomic E-state index is 13.9. The smallest absolute Gasteiger partial charge is 0.302 e. The zero-order valence-corrected chi connectivity index (χ0v) is 23.6. The van der Waals surface area contributed by atoms with Gasteiger partial charge in [-0.25, -0.2) is 9.37 Å². The molecule has 4 aromatic carbocycles. The molecule has 4 N–H and O–H groups in total. The Bertz CT molecular complexity index is 2040. The van der Waals surface area contributed by atoms with Gasteiger partial charge in [-0.3, -0.25) is 9.59 Å². The van der Waals surface area contributed by atoms with Crippen molar-refractivity contribution in [1.29, 1.82) is 0 Å². The first kappa shape index (κ1) is 26.7. The Labute approximate surface area is 246 Å². The number of halogens is 1. The summed E-state index contributed by atoms with van der Waals surface area (Å²) in [6.45, 7) is 1.43. The lowest BCUT2D eigenvalue weighted by molar-refractivity contribution is -0.147. The molecule has 2 aromatic heterocycles. The van der Waals surface area contributed by atoms with Crippen molar-refractivity contribution in [1.82, 2.24) is 14.5 Å². The number of esters is 1. The molecular formula is C34H30FN5O3. The first-order valence-electron chi connectivity index (χ1n) is 14.4. The monoisotopic (exact) mass is 575 g/mol. The fraction of sp³-hybridized carbons (Fsp3) is 0.206. The number of anilines is 1. The van der Waals surface area contributed by atoms with Gasteiger partial charge in [0.05, 0.1) is 27.6 Å². The summed E-state index contributed by atoms with van der Waals surface area (Å²) in [5.41, 5.74) is 11.9. The summed E-state index contributed by atoms with van der Waals surface area (Å²) in [5, 5.41) is 5.61. The van der Waals surface area contributed by atoms with Crippen LogP contribution in [0.2, 0.25) is 0 Å².